The van der Waals surface area contributed by atoms with E-state index in [1.165, 1.54) is 11.3 Å². The van der Waals surface area contributed by atoms with E-state index in [0.29, 0.717) is 30.7 Å². The van der Waals surface area contributed by atoms with Crippen LogP contribution in [0.25, 0.3) is 0 Å². The van der Waals surface area contributed by atoms with Crippen LogP contribution < -0.4 is 5.32 Å². The van der Waals surface area contributed by atoms with Crippen LogP contribution in [-0.4, -0.2) is 56.7 Å². The molecule has 0 radical (unpaired) electrons. The van der Waals surface area contributed by atoms with Crippen molar-refractivity contribution >= 4 is 22.4 Å². The zero-order chi connectivity index (χ0) is 16.4. The summed E-state index contributed by atoms with van der Waals surface area (Å²) < 4.78 is 5.73. The third-order valence-electron chi connectivity index (χ3n) is 3.78. The van der Waals surface area contributed by atoms with E-state index in [1.54, 1.807) is 6.20 Å². The van der Waals surface area contributed by atoms with Crippen molar-refractivity contribution in [3.8, 4) is 0 Å². The molecule has 3 heterocycles. The molecule has 3 rings (SSSR count). The monoisotopic (exact) mass is 336 g/mol. The first-order valence-corrected chi connectivity index (χ1v) is 8.32. The molecule has 0 saturated carbocycles. The molecule has 8 nitrogen and oxygen atoms in total. The van der Waals surface area contributed by atoms with Gasteiger partial charge in [-0.15, -0.1) is 11.3 Å². The molecule has 2 aromatic heterocycles. The number of rotatable bonds is 4. The molecule has 2 aromatic rings. The summed E-state index contributed by atoms with van der Waals surface area (Å²) in [6.07, 6.45) is 1.53. The largest absolute Gasteiger partial charge is 0.367 e. The first-order valence-electron chi connectivity index (χ1n) is 7.51. The van der Waals surface area contributed by atoms with Gasteiger partial charge in [0, 0.05) is 24.2 Å². The highest BCUT2D eigenvalue weighted by molar-refractivity contribution is 7.15. The molecule has 0 aliphatic carbocycles. The predicted molar refractivity (Wildman–Crippen MR) is 86.3 cm³/mol. The molecule has 1 aliphatic heterocycles. The van der Waals surface area contributed by atoms with E-state index in [2.05, 4.69) is 30.4 Å². The van der Waals surface area contributed by atoms with Crippen molar-refractivity contribution in [2.45, 2.75) is 32.9 Å². The van der Waals surface area contributed by atoms with Crippen LogP contribution in [0.4, 0.5) is 5.13 Å². The molecule has 2 atom stereocenters. The van der Waals surface area contributed by atoms with Gasteiger partial charge in [-0.3, -0.25) is 14.8 Å². The van der Waals surface area contributed by atoms with E-state index in [1.807, 2.05) is 20.8 Å². The Balaban J connectivity index is 1.62. The van der Waals surface area contributed by atoms with E-state index >= 15 is 0 Å². The Morgan fingerprint density at radius 1 is 1.57 bits per heavy atom. The number of nitrogens with one attached hydrogen (secondary N) is 2. The van der Waals surface area contributed by atoms with E-state index in [-0.39, 0.29) is 18.1 Å². The summed E-state index contributed by atoms with van der Waals surface area (Å²) in [7, 11) is 0. The zero-order valence-electron chi connectivity index (χ0n) is 13.4. The number of aromatic amines is 1. The number of aryl methyl sites for hydroxylation is 2. The van der Waals surface area contributed by atoms with Gasteiger partial charge in [0.1, 0.15) is 11.9 Å². The van der Waals surface area contributed by atoms with Gasteiger partial charge < -0.3 is 10.1 Å². The molecule has 124 valence electrons. The standard InChI is InChI=1S/C14H20N6O2S/c1-8-6-15-14(23-8)17-13(21)9(2)20-4-5-22-11(7-20)12-16-10(3)18-19-12/h6,9,11H,4-5,7H2,1-3H3,(H,15,17,21)(H,16,18,19)/t9-,11+/m1/s1. The summed E-state index contributed by atoms with van der Waals surface area (Å²) in [6, 6.07) is -0.273. The highest BCUT2D eigenvalue weighted by atomic mass is 32.1. The Hall–Kier alpha value is -1.84. The minimum Gasteiger partial charge on any atom is -0.367 e. The highest BCUT2D eigenvalue weighted by Crippen LogP contribution is 2.22. The number of nitrogens with zero attached hydrogens (tertiary/aromatic N) is 4. The highest BCUT2D eigenvalue weighted by Gasteiger charge is 2.30. The van der Waals surface area contributed by atoms with Gasteiger partial charge in [0.05, 0.1) is 12.6 Å². The van der Waals surface area contributed by atoms with Gasteiger partial charge >= 0.3 is 0 Å². The third-order valence-corrected chi connectivity index (χ3v) is 4.61. The minimum absolute atomic E-state index is 0.0637. The molecular formula is C14H20N6O2S. The zero-order valence-corrected chi connectivity index (χ0v) is 14.2. The van der Waals surface area contributed by atoms with Crippen LogP contribution in [0.3, 0.4) is 0 Å². The fourth-order valence-corrected chi connectivity index (χ4v) is 3.14. The molecule has 0 bridgehead atoms. The van der Waals surface area contributed by atoms with Gasteiger partial charge in [-0.05, 0) is 20.8 Å². The number of carbonyl (C=O) groups excluding carboxylic acids is 1. The van der Waals surface area contributed by atoms with Gasteiger partial charge in [-0.25, -0.2) is 9.97 Å². The fourth-order valence-electron chi connectivity index (χ4n) is 2.47. The van der Waals surface area contributed by atoms with Crippen molar-refractivity contribution in [2.75, 3.05) is 25.0 Å². The number of morpholine rings is 1. The average molecular weight is 336 g/mol. The quantitative estimate of drug-likeness (QED) is 0.873. The maximum atomic E-state index is 12.4. The van der Waals surface area contributed by atoms with Gasteiger partial charge in [0.2, 0.25) is 5.91 Å². The molecule has 1 saturated heterocycles. The number of anilines is 1. The third kappa shape index (κ3) is 3.74. The van der Waals surface area contributed by atoms with Crippen LogP contribution in [0, 0.1) is 13.8 Å². The SMILES string of the molecule is Cc1nc([C@@H]2CN([C@H](C)C(=O)Nc3ncc(C)s3)CCO2)n[nH]1. The maximum Gasteiger partial charge on any atom is 0.243 e. The number of H-pyrrole nitrogens is 1. The fraction of sp³-hybridized carbons (Fsp3) is 0.571. The van der Waals surface area contributed by atoms with E-state index in [4.69, 9.17) is 4.74 Å². The Morgan fingerprint density at radius 3 is 3.04 bits per heavy atom. The molecule has 1 amide bonds. The number of hydrogen-bond donors (Lipinski definition) is 2. The van der Waals surface area contributed by atoms with Crippen molar-refractivity contribution in [1.82, 2.24) is 25.1 Å². The number of amides is 1. The van der Waals surface area contributed by atoms with Crippen LogP contribution >= 0.6 is 11.3 Å². The second kappa shape index (κ2) is 6.73. The van der Waals surface area contributed by atoms with Gasteiger partial charge in [0.25, 0.3) is 0 Å². The predicted octanol–water partition coefficient (Wildman–Crippen LogP) is 1.28. The van der Waals surface area contributed by atoms with Gasteiger partial charge in [-0.1, -0.05) is 0 Å². The molecule has 9 heteroatoms. The first-order chi connectivity index (χ1) is 11.0. The van der Waals surface area contributed by atoms with Crippen molar-refractivity contribution in [2.24, 2.45) is 0 Å². The maximum absolute atomic E-state index is 12.4. The number of hydrogen-bond acceptors (Lipinski definition) is 7. The Morgan fingerprint density at radius 2 is 2.39 bits per heavy atom. The smallest absolute Gasteiger partial charge is 0.243 e. The summed E-state index contributed by atoms with van der Waals surface area (Å²) >= 11 is 1.47. The van der Waals surface area contributed by atoms with Gasteiger partial charge in [-0.2, -0.15) is 5.10 Å². The number of thiazole rings is 1. The van der Waals surface area contributed by atoms with E-state index < -0.39 is 0 Å². The molecule has 2 N–H and O–H groups in total. The second-order valence-electron chi connectivity index (χ2n) is 5.57. The topological polar surface area (TPSA) is 96.0 Å². The average Bonchev–Trinajstić information content (AvgIpc) is 3.15. The Kier molecular flexibility index (Phi) is 4.69. The summed E-state index contributed by atoms with van der Waals surface area (Å²) in [5, 5.41) is 10.5. The number of ether oxygens (including phenoxy) is 1. The van der Waals surface area contributed by atoms with Crippen molar-refractivity contribution in [3.63, 3.8) is 0 Å². The molecule has 1 aliphatic rings. The van der Waals surface area contributed by atoms with Crippen molar-refractivity contribution in [1.29, 1.82) is 0 Å². The van der Waals surface area contributed by atoms with Crippen LogP contribution in [0.15, 0.2) is 6.20 Å². The van der Waals surface area contributed by atoms with Crippen LogP contribution in [0.2, 0.25) is 0 Å². The minimum atomic E-state index is -0.273. The Bertz CT molecular complexity index is 684. The molecular weight excluding hydrogens is 316 g/mol. The lowest BCUT2D eigenvalue weighted by atomic mass is 10.2. The summed E-state index contributed by atoms with van der Waals surface area (Å²) in [5.74, 6) is 1.33. The van der Waals surface area contributed by atoms with Gasteiger partial charge in [0.15, 0.2) is 11.0 Å². The van der Waals surface area contributed by atoms with Crippen molar-refractivity contribution in [3.05, 3.63) is 22.7 Å². The van der Waals surface area contributed by atoms with Crippen LogP contribution in [0.1, 0.15) is 29.6 Å². The summed E-state index contributed by atoms with van der Waals surface area (Å²) in [4.78, 5) is 24.0. The molecule has 0 aromatic carbocycles. The lowest BCUT2D eigenvalue weighted by Gasteiger charge is -2.34. The van der Waals surface area contributed by atoms with Crippen LogP contribution in [-0.2, 0) is 9.53 Å². The molecule has 0 unspecified atom stereocenters. The first kappa shape index (κ1) is 16.0. The van der Waals surface area contributed by atoms with E-state index in [9.17, 15) is 4.79 Å². The molecule has 1 fully saturated rings. The van der Waals surface area contributed by atoms with Crippen molar-refractivity contribution < 1.29 is 9.53 Å². The lowest BCUT2D eigenvalue weighted by molar-refractivity contribution is -0.124. The number of aromatic nitrogens is 4. The normalized spacial score (nSPS) is 20.4. The lowest BCUT2D eigenvalue weighted by Crippen LogP contribution is -2.48. The molecule has 23 heavy (non-hydrogen) atoms. The number of carbonyl (C=O) groups is 1. The summed E-state index contributed by atoms with van der Waals surface area (Å²) in [5.41, 5.74) is 0. The van der Waals surface area contributed by atoms with Crippen LogP contribution in [0.5, 0.6) is 0 Å². The molecule has 0 spiro atoms. The van der Waals surface area contributed by atoms with E-state index in [0.717, 1.165) is 10.7 Å². The summed E-state index contributed by atoms with van der Waals surface area (Å²) in [6.45, 7) is 7.53. The Labute approximate surface area is 138 Å². The second-order valence-corrected chi connectivity index (χ2v) is 6.81.